The molecule has 1 aliphatic heterocycles. The average molecular weight is 278 g/mol. The first-order chi connectivity index (χ1) is 8.46. The molecule has 18 heavy (non-hydrogen) atoms. The number of nitrogens with one attached hydrogen (secondary N) is 1. The lowest BCUT2D eigenvalue weighted by Gasteiger charge is -2.37. The Morgan fingerprint density at radius 1 is 1.50 bits per heavy atom. The van der Waals surface area contributed by atoms with Gasteiger partial charge in [0.25, 0.3) is 0 Å². The maximum atomic E-state index is 11.5. The molecule has 2 unspecified atom stereocenters. The summed E-state index contributed by atoms with van der Waals surface area (Å²) < 4.78 is 28.0. The van der Waals surface area contributed by atoms with Gasteiger partial charge in [0.05, 0.1) is 11.5 Å². The van der Waals surface area contributed by atoms with E-state index in [1.54, 1.807) is 7.11 Å². The molecule has 1 rings (SSSR count). The number of nitrogens with zero attached hydrogens (tertiary/aromatic N) is 1. The van der Waals surface area contributed by atoms with Gasteiger partial charge in [0.15, 0.2) is 9.84 Å². The van der Waals surface area contributed by atoms with Crippen LogP contribution in [-0.2, 0) is 14.6 Å². The van der Waals surface area contributed by atoms with Gasteiger partial charge in [-0.25, -0.2) is 8.42 Å². The van der Waals surface area contributed by atoms with Gasteiger partial charge in [-0.1, -0.05) is 0 Å². The van der Waals surface area contributed by atoms with Gasteiger partial charge in [0.1, 0.15) is 0 Å². The van der Waals surface area contributed by atoms with E-state index in [2.05, 4.69) is 17.1 Å². The SMILES string of the molecule is COCCCNCC(C)N1CCS(=O)(=O)CC1C. The summed E-state index contributed by atoms with van der Waals surface area (Å²) in [5.41, 5.74) is 0. The summed E-state index contributed by atoms with van der Waals surface area (Å²) in [7, 11) is -1.10. The Morgan fingerprint density at radius 3 is 2.83 bits per heavy atom. The molecule has 5 nitrogen and oxygen atoms in total. The molecule has 0 aliphatic carbocycles. The number of methoxy groups -OCH3 is 1. The van der Waals surface area contributed by atoms with E-state index in [9.17, 15) is 8.42 Å². The zero-order valence-electron chi connectivity index (χ0n) is 11.7. The Morgan fingerprint density at radius 2 is 2.22 bits per heavy atom. The van der Waals surface area contributed by atoms with Crippen LogP contribution in [0.4, 0.5) is 0 Å². The molecule has 1 heterocycles. The van der Waals surface area contributed by atoms with Crippen LogP contribution in [0.25, 0.3) is 0 Å². The largest absolute Gasteiger partial charge is 0.385 e. The van der Waals surface area contributed by atoms with Gasteiger partial charge in [-0.2, -0.15) is 0 Å². The van der Waals surface area contributed by atoms with Crippen molar-refractivity contribution in [2.45, 2.75) is 32.4 Å². The highest BCUT2D eigenvalue weighted by Gasteiger charge is 2.30. The number of ether oxygens (including phenoxy) is 1. The van der Waals surface area contributed by atoms with Crippen molar-refractivity contribution >= 4 is 9.84 Å². The number of sulfone groups is 1. The fourth-order valence-electron chi connectivity index (χ4n) is 2.44. The zero-order chi connectivity index (χ0) is 13.6. The highest BCUT2D eigenvalue weighted by molar-refractivity contribution is 7.91. The van der Waals surface area contributed by atoms with E-state index in [-0.39, 0.29) is 6.04 Å². The molecule has 0 radical (unpaired) electrons. The third-order valence-corrected chi connectivity index (χ3v) is 5.22. The number of rotatable bonds is 7. The van der Waals surface area contributed by atoms with Gasteiger partial charge in [-0.3, -0.25) is 4.90 Å². The molecule has 6 heteroatoms. The second-order valence-corrected chi connectivity index (χ2v) is 7.33. The lowest BCUT2D eigenvalue weighted by molar-refractivity contribution is 0.162. The highest BCUT2D eigenvalue weighted by Crippen LogP contribution is 2.14. The normalized spacial score (nSPS) is 26.1. The van der Waals surface area contributed by atoms with Crippen molar-refractivity contribution in [3.63, 3.8) is 0 Å². The minimum absolute atomic E-state index is 0.125. The summed E-state index contributed by atoms with van der Waals surface area (Å²) in [4.78, 5) is 2.28. The Labute approximate surface area is 111 Å². The fraction of sp³-hybridized carbons (Fsp3) is 1.00. The van der Waals surface area contributed by atoms with Gasteiger partial charge >= 0.3 is 0 Å². The maximum Gasteiger partial charge on any atom is 0.153 e. The van der Waals surface area contributed by atoms with Crippen molar-refractivity contribution in [1.29, 1.82) is 0 Å². The molecule has 2 atom stereocenters. The Balaban J connectivity index is 2.27. The van der Waals surface area contributed by atoms with Crippen molar-refractivity contribution < 1.29 is 13.2 Å². The second kappa shape index (κ2) is 7.43. The third kappa shape index (κ3) is 5.22. The van der Waals surface area contributed by atoms with E-state index >= 15 is 0 Å². The lowest BCUT2D eigenvalue weighted by Crippen LogP contribution is -2.53. The number of hydrogen-bond acceptors (Lipinski definition) is 5. The van der Waals surface area contributed by atoms with Crippen LogP contribution in [0.1, 0.15) is 20.3 Å². The molecule has 1 saturated heterocycles. The summed E-state index contributed by atoms with van der Waals surface area (Å²) in [5.74, 6) is 0.590. The van der Waals surface area contributed by atoms with Gasteiger partial charge < -0.3 is 10.1 Å². The van der Waals surface area contributed by atoms with Gasteiger partial charge in [-0.15, -0.1) is 0 Å². The third-order valence-electron chi connectivity index (χ3n) is 3.43. The van der Waals surface area contributed by atoms with Crippen LogP contribution < -0.4 is 5.32 Å². The molecule has 0 aromatic heterocycles. The second-order valence-electron chi connectivity index (χ2n) is 5.10. The molecule has 0 saturated carbocycles. The Bertz CT molecular complexity index is 332. The molecule has 0 spiro atoms. The Hall–Kier alpha value is -0.170. The molecular weight excluding hydrogens is 252 g/mol. The maximum absolute atomic E-state index is 11.5. The lowest BCUT2D eigenvalue weighted by atomic mass is 10.2. The zero-order valence-corrected chi connectivity index (χ0v) is 12.5. The molecule has 0 bridgehead atoms. The summed E-state index contributed by atoms with van der Waals surface area (Å²) in [6.07, 6.45) is 1.01. The van der Waals surface area contributed by atoms with Crippen molar-refractivity contribution in [2.24, 2.45) is 0 Å². The summed E-state index contributed by atoms with van der Waals surface area (Å²) >= 11 is 0. The summed E-state index contributed by atoms with van der Waals surface area (Å²) in [6, 6.07) is 0.498. The molecule has 1 N–H and O–H groups in total. The first-order valence-corrected chi connectivity index (χ1v) is 8.44. The van der Waals surface area contributed by atoms with Crippen molar-refractivity contribution in [2.75, 3.05) is 44.9 Å². The van der Waals surface area contributed by atoms with E-state index in [4.69, 9.17) is 4.74 Å². The topological polar surface area (TPSA) is 58.6 Å². The van der Waals surface area contributed by atoms with Crippen LogP contribution in [0.2, 0.25) is 0 Å². The van der Waals surface area contributed by atoms with E-state index < -0.39 is 9.84 Å². The molecule has 108 valence electrons. The van der Waals surface area contributed by atoms with E-state index in [1.807, 2.05) is 6.92 Å². The fourth-order valence-corrected chi connectivity index (χ4v) is 4.02. The number of hydrogen-bond donors (Lipinski definition) is 1. The first-order valence-electron chi connectivity index (χ1n) is 6.62. The summed E-state index contributed by atoms with van der Waals surface area (Å²) in [6.45, 7) is 7.42. The molecular formula is C12H26N2O3S. The van der Waals surface area contributed by atoms with Crippen LogP contribution in [0.15, 0.2) is 0 Å². The molecule has 0 aromatic rings. The van der Waals surface area contributed by atoms with Crippen molar-refractivity contribution in [1.82, 2.24) is 10.2 Å². The average Bonchev–Trinajstić information content (AvgIpc) is 2.27. The van der Waals surface area contributed by atoms with Crippen molar-refractivity contribution in [3.8, 4) is 0 Å². The molecule has 1 aliphatic rings. The predicted molar refractivity (Wildman–Crippen MR) is 73.6 cm³/mol. The smallest absolute Gasteiger partial charge is 0.153 e. The Kier molecular flexibility index (Phi) is 6.55. The minimum Gasteiger partial charge on any atom is -0.385 e. The van der Waals surface area contributed by atoms with Crippen LogP contribution >= 0.6 is 0 Å². The van der Waals surface area contributed by atoms with E-state index in [0.717, 1.165) is 26.1 Å². The van der Waals surface area contributed by atoms with E-state index in [0.29, 0.717) is 24.1 Å². The van der Waals surface area contributed by atoms with Crippen LogP contribution in [-0.4, -0.2) is 70.3 Å². The molecule has 0 aromatic carbocycles. The molecule has 0 amide bonds. The minimum atomic E-state index is -2.81. The standard InChI is InChI=1S/C12H26N2O3S/c1-11(9-13-5-4-7-17-3)14-6-8-18(15,16)10-12(14)2/h11-13H,4-10H2,1-3H3. The first kappa shape index (κ1) is 15.9. The van der Waals surface area contributed by atoms with Crippen LogP contribution in [0.3, 0.4) is 0 Å². The van der Waals surface area contributed by atoms with Gasteiger partial charge in [0.2, 0.25) is 0 Å². The van der Waals surface area contributed by atoms with Crippen LogP contribution in [0, 0.1) is 0 Å². The van der Waals surface area contributed by atoms with Crippen LogP contribution in [0.5, 0.6) is 0 Å². The quantitative estimate of drug-likeness (QED) is 0.670. The predicted octanol–water partition coefficient (Wildman–Crippen LogP) is 0.120. The van der Waals surface area contributed by atoms with Gasteiger partial charge in [0, 0.05) is 38.9 Å². The summed E-state index contributed by atoms with van der Waals surface area (Å²) in [5, 5.41) is 3.39. The van der Waals surface area contributed by atoms with Crippen molar-refractivity contribution in [3.05, 3.63) is 0 Å². The molecule has 1 fully saturated rings. The highest BCUT2D eigenvalue weighted by atomic mass is 32.2. The monoisotopic (exact) mass is 278 g/mol. The van der Waals surface area contributed by atoms with Gasteiger partial charge in [-0.05, 0) is 26.8 Å². The van der Waals surface area contributed by atoms with E-state index in [1.165, 1.54) is 0 Å².